The molecule has 0 amide bonds. The van der Waals surface area contributed by atoms with E-state index in [1.165, 1.54) is 0 Å². The van der Waals surface area contributed by atoms with Gasteiger partial charge in [-0.3, -0.25) is 0 Å². The van der Waals surface area contributed by atoms with Crippen molar-refractivity contribution >= 4 is 6.01 Å². The molecular formula is C12H18F3N3O. The zero-order valence-corrected chi connectivity index (χ0v) is 10.8. The van der Waals surface area contributed by atoms with Gasteiger partial charge in [-0.2, -0.15) is 18.2 Å². The third-order valence-electron chi connectivity index (χ3n) is 3.32. The first-order chi connectivity index (χ1) is 9.00. The standard InChI is InChI=1S/C12H18F3N3O/c1-2-16-7-10-8-19-11(17-10)18-5-3-9(4-6-18)12(13,14)15/h8-9,16H,2-7H2,1H3. The molecule has 1 aliphatic rings. The number of aromatic nitrogens is 1. The number of piperidine rings is 1. The van der Waals surface area contributed by atoms with Crippen LogP contribution in [0, 0.1) is 5.92 Å². The van der Waals surface area contributed by atoms with Crippen LogP contribution in [0.3, 0.4) is 0 Å². The Balaban J connectivity index is 1.89. The van der Waals surface area contributed by atoms with E-state index in [-0.39, 0.29) is 12.8 Å². The number of halogens is 3. The zero-order chi connectivity index (χ0) is 13.9. The number of anilines is 1. The molecule has 1 aliphatic heterocycles. The molecular weight excluding hydrogens is 259 g/mol. The van der Waals surface area contributed by atoms with E-state index in [1.807, 2.05) is 6.92 Å². The number of nitrogens with zero attached hydrogens (tertiary/aromatic N) is 2. The molecule has 0 unspecified atom stereocenters. The Labute approximate surface area is 110 Å². The van der Waals surface area contributed by atoms with Gasteiger partial charge in [0.2, 0.25) is 0 Å². The van der Waals surface area contributed by atoms with Crippen LogP contribution in [0.4, 0.5) is 19.2 Å². The van der Waals surface area contributed by atoms with Crippen molar-refractivity contribution in [2.24, 2.45) is 5.92 Å². The van der Waals surface area contributed by atoms with Gasteiger partial charge in [0, 0.05) is 19.6 Å². The van der Waals surface area contributed by atoms with E-state index < -0.39 is 12.1 Å². The SMILES string of the molecule is CCNCc1coc(N2CCC(C(F)(F)F)CC2)n1. The highest BCUT2D eigenvalue weighted by atomic mass is 19.4. The van der Waals surface area contributed by atoms with E-state index in [4.69, 9.17) is 4.42 Å². The second-order valence-corrected chi connectivity index (χ2v) is 4.70. The minimum absolute atomic E-state index is 0.106. The van der Waals surface area contributed by atoms with Crippen LogP contribution in [0.2, 0.25) is 0 Å². The lowest BCUT2D eigenvalue weighted by molar-refractivity contribution is -0.179. The fourth-order valence-electron chi connectivity index (χ4n) is 2.17. The number of hydrogen-bond acceptors (Lipinski definition) is 4. The summed E-state index contributed by atoms with van der Waals surface area (Å²) in [6.45, 7) is 4.11. The Kier molecular flexibility index (Phi) is 4.34. The average Bonchev–Trinajstić information content (AvgIpc) is 2.84. The molecule has 1 saturated heterocycles. The van der Waals surface area contributed by atoms with E-state index in [0.29, 0.717) is 25.6 Å². The van der Waals surface area contributed by atoms with Gasteiger partial charge in [0.15, 0.2) is 0 Å². The summed E-state index contributed by atoms with van der Waals surface area (Å²) in [6, 6.07) is 0.425. The Bertz CT molecular complexity index is 397. The minimum atomic E-state index is -4.08. The first kappa shape index (κ1) is 14.2. The van der Waals surface area contributed by atoms with Gasteiger partial charge in [0.05, 0.1) is 11.6 Å². The highest BCUT2D eigenvalue weighted by molar-refractivity contribution is 5.27. The second-order valence-electron chi connectivity index (χ2n) is 4.70. The topological polar surface area (TPSA) is 41.3 Å². The van der Waals surface area contributed by atoms with Crippen LogP contribution in [0.1, 0.15) is 25.5 Å². The molecule has 0 atom stereocenters. The van der Waals surface area contributed by atoms with Crippen molar-refractivity contribution in [3.63, 3.8) is 0 Å². The normalized spacial score (nSPS) is 18.0. The van der Waals surface area contributed by atoms with E-state index in [1.54, 1.807) is 11.2 Å². The molecule has 1 aromatic rings. The van der Waals surface area contributed by atoms with Gasteiger partial charge in [-0.15, -0.1) is 0 Å². The van der Waals surface area contributed by atoms with Gasteiger partial charge in [-0.05, 0) is 19.4 Å². The van der Waals surface area contributed by atoms with Gasteiger partial charge in [-0.1, -0.05) is 6.92 Å². The molecule has 19 heavy (non-hydrogen) atoms. The number of nitrogens with one attached hydrogen (secondary N) is 1. The minimum Gasteiger partial charge on any atom is -0.432 e. The van der Waals surface area contributed by atoms with Crippen LogP contribution in [0.25, 0.3) is 0 Å². The summed E-state index contributed by atoms with van der Waals surface area (Å²) in [5.41, 5.74) is 0.773. The summed E-state index contributed by atoms with van der Waals surface area (Å²) >= 11 is 0. The molecule has 0 saturated carbocycles. The van der Waals surface area contributed by atoms with Crippen molar-refractivity contribution in [1.82, 2.24) is 10.3 Å². The summed E-state index contributed by atoms with van der Waals surface area (Å²) in [4.78, 5) is 6.05. The molecule has 1 N–H and O–H groups in total. The number of hydrogen-bond donors (Lipinski definition) is 1. The molecule has 2 heterocycles. The number of rotatable bonds is 4. The molecule has 0 radical (unpaired) electrons. The highest BCUT2D eigenvalue weighted by Gasteiger charge is 2.41. The Morgan fingerprint density at radius 1 is 1.42 bits per heavy atom. The maximum absolute atomic E-state index is 12.5. The zero-order valence-electron chi connectivity index (χ0n) is 10.8. The van der Waals surface area contributed by atoms with Crippen LogP contribution < -0.4 is 10.2 Å². The fraction of sp³-hybridized carbons (Fsp3) is 0.750. The van der Waals surface area contributed by atoms with Crippen LogP contribution >= 0.6 is 0 Å². The lowest BCUT2D eigenvalue weighted by atomic mass is 9.97. The van der Waals surface area contributed by atoms with Crippen molar-refractivity contribution in [3.05, 3.63) is 12.0 Å². The van der Waals surface area contributed by atoms with Crippen molar-refractivity contribution in [2.75, 3.05) is 24.5 Å². The summed E-state index contributed by atoms with van der Waals surface area (Å²) in [6.07, 6.45) is -2.32. The van der Waals surface area contributed by atoms with E-state index in [0.717, 1.165) is 12.2 Å². The molecule has 7 heteroatoms. The van der Waals surface area contributed by atoms with Crippen LogP contribution in [-0.4, -0.2) is 30.8 Å². The van der Waals surface area contributed by atoms with Gasteiger partial charge in [0.25, 0.3) is 6.01 Å². The van der Waals surface area contributed by atoms with Crippen LogP contribution in [-0.2, 0) is 6.54 Å². The first-order valence-corrected chi connectivity index (χ1v) is 6.47. The predicted molar refractivity (Wildman–Crippen MR) is 64.9 cm³/mol. The Morgan fingerprint density at radius 3 is 2.68 bits per heavy atom. The maximum Gasteiger partial charge on any atom is 0.391 e. The summed E-state index contributed by atoms with van der Waals surface area (Å²) in [5, 5.41) is 3.12. The quantitative estimate of drug-likeness (QED) is 0.918. The fourth-order valence-corrected chi connectivity index (χ4v) is 2.17. The third-order valence-corrected chi connectivity index (χ3v) is 3.32. The van der Waals surface area contributed by atoms with Crippen LogP contribution in [0.15, 0.2) is 10.7 Å². The van der Waals surface area contributed by atoms with Crippen LogP contribution in [0.5, 0.6) is 0 Å². The summed E-state index contributed by atoms with van der Waals surface area (Å²) in [5.74, 6) is -1.19. The first-order valence-electron chi connectivity index (χ1n) is 6.47. The molecule has 4 nitrogen and oxygen atoms in total. The van der Waals surface area contributed by atoms with E-state index in [9.17, 15) is 13.2 Å². The molecule has 0 spiro atoms. The second kappa shape index (κ2) is 5.81. The number of oxazole rings is 1. The lowest BCUT2D eigenvalue weighted by Crippen LogP contribution is -2.39. The summed E-state index contributed by atoms with van der Waals surface area (Å²) in [7, 11) is 0. The van der Waals surface area contributed by atoms with Gasteiger partial charge >= 0.3 is 6.18 Å². The number of alkyl halides is 3. The van der Waals surface area contributed by atoms with Gasteiger partial charge in [0.1, 0.15) is 6.26 Å². The highest BCUT2D eigenvalue weighted by Crippen LogP contribution is 2.35. The predicted octanol–water partition coefficient (Wildman–Crippen LogP) is 2.56. The Hall–Kier alpha value is -1.24. The van der Waals surface area contributed by atoms with Gasteiger partial charge in [-0.25, -0.2) is 0 Å². The smallest absolute Gasteiger partial charge is 0.391 e. The van der Waals surface area contributed by atoms with Crippen molar-refractivity contribution in [1.29, 1.82) is 0 Å². The third kappa shape index (κ3) is 3.62. The monoisotopic (exact) mass is 277 g/mol. The molecule has 0 aromatic carbocycles. The molecule has 0 aliphatic carbocycles. The maximum atomic E-state index is 12.5. The molecule has 1 fully saturated rings. The molecule has 1 aromatic heterocycles. The van der Waals surface area contributed by atoms with Crippen molar-refractivity contribution < 1.29 is 17.6 Å². The van der Waals surface area contributed by atoms with E-state index >= 15 is 0 Å². The molecule has 108 valence electrons. The molecule has 2 rings (SSSR count). The largest absolute Gasteiger partial charge is 0.432 e. The Morgan fingerprint density at radius 2 is 2.11 bits per heavy atom. The average molecular weight is 277 g/mol. The van der Waals surface area contributed by atoms with Crippen molar-refractivity contribution in [3.8, 4) is 0 Å². The lowest BCUT2D eigenvalue weighted by Gasteiger charge is -2.31. The van der Waals surface area contributed by atoms with Crippen molar-refractivity contribution in [2.45, 2.75) is 32.5 Å². The van der Waals surface area contributed by atoms with E-state index in [2.05, 4.69) is 10.3 Å². The summed E-state index contributed by atoms with van der Waals surface area (Å²) < 4.78 is 43.0. The van der Waals surface area contributed by atoms with Gasteiger partial charge < -0.3 is 14.6 Å². The molecule has 0 bridgehead atoms.